The first-order chi connectivity index (χ1) is 10.5. The summed E-state index contributed by atoms with van der Waals surface area (Å²) in [5.41, 5.74) is 0.416. The molecule has 0 atom stereocenters. The molecule has 0 heterocycles. The third kappa shape index (κ3) is 5.13. The van der Waals surface area contributed by atoms with E-state index in [4.69, 9.17) is 11.6 Å². The summed E-state index contributed by atoms with van der Waals surface area (Å²) in [6.45, 7) is 2.31. The Labute approximate surface area is 154 Å². The molecule has 0 aliphatic rings. The van der Waals surface area contributed by atoms with E-state index >= 15 is 0 Å². The maximum Gasteiger partial charge on any atom is 2.00 e. The third-order valence-corrected chi connectivity index (χ3v) is 3.46. The molecule has 0 aliphatic carbocycles. The van der Waals surface area contributed by atoms with Crippen molar-refractivity contribution in [3.63, 3.8) is 0 Å². The number of benzene rings is 2. The van der Waals surface area contributed by atoms with Crippen LogP contribution in [0.15, 0.2) is 36.4 Å². The smallest absolute Gasteiger partial charge is 0.359 e. The minimum absolute atomic E-state index is 0. The molecular weight excluding hydrogens is 356 g/mol. The summed E-state index contributed by atoms with van der Waals surface area (Å²) in [5, 5.41) is 0.512. The fourth-order valence-corrected chi connectivity index (χ4v) is 2.17. The van der Waals surface area contributed by atoms with Gasteiger partial charge < -0.3 is 4.90 Å². The molecular formula is C17H15ClF2NOTi+. The van der Waals surface area contributed by atoms with E-state index in [0.717, 1.165) is 12.5 Å². The quantitative estimate of drug-likeness (QED) is 0.543. The van der Waals surface area contributed by atoms with E-state index in [2.05, 4.69) is 0 Å². The van der Waals surface area contributed by atoms with Crippen LogP contribution in [0, 0.1) is 17.7 Å². The zero-order chi connectivity index (χ0) is 16.1. The molecule has 0 spiro atoms. The summed E-state index contributed by atoms with van der Waals surface area (Å²) in [4.78, 5) is 13.9. The first kappa shape index (κ1) is 19.8. The fourth-order valence-electron chi connectivity index (χ4n) is 2.04. The van der Waals surface area contributed by atoms with Crippen molar-refractivity contribution < 1.29 is 35.3 Å². The van der Waals surface area contributed by atoms with Crippen molar-refractivity contribution in [2.24, 2.45) is 0 Å². The second kappa shape index (κ2) is 9.16. The van der Waals surface area contributed by atoms with E-state index in [-0.39, 0.29) is 33.3 Å². The third-order valence-electron chi connectivity index (χ3n) is 3.20. The van der Waals surface area contributed by atoms with Gasteiger partial charge in [-0.1, -0.05) is 24.9 Å². The molecule has 2 aromatic rings. The number of carbonyl (C=O) groups is 1. The molecule has 0 aromatic heterocycles. The minimum Gasteiger partial charge on any atom is -0.359 e. The molecule has 0 N–H and O–H groups in total. The number of hydrogen-bond donors (Lipinski definition) is 0. The van der Waals surface area contributed by atoms with Crippen LogP contribution in [0.3, 0.4) is 0 Å². The molecule has 0 aliphatic heterocycles. The Morgan fingerprint density at radius 1 is 1.17 bits per heavy atom. The summed E-state index contributed by atoms with van der Waals surface area (Å²) >= 11 is 5.81. The molecule has 2 nitrogen and oxygen atoms in total. The number of nitrogens with zero attached hydrogens (tertiary/aromatic N) is 1. The van der Waals surface area contributed by atoms with Crippen molar-refractivity contribution in [2.45, 2.75) is 19.8 Å². The van der Waals surface area contributed by atoms with Crippen LogP contribution in [0.1, 0.15) is 30.1 Å². The minimum atomic E-state index is -0.876. The van der Waals surface area contributed by atoms with Crippen molar-refractivity contribution in [2.75, 3.05) is 11.4 Å². The van der Waals surface area contributed by atoms with Gasteiger partial charge in [0.05, 0.1) is 0 Å². The van der Waals surface area contributed by atoms with Gasteiger partial charge in [0.1, 0.15) is 0 Å². The van der Waals surface area contributed by atoms with Crippen molar-refractivity contribution in [1.82, 2.24) is 0 Å². The molecule has 23 heavy (non-hydrogen) atoms. The molecule has 6 heteroatoms. The van der Waals surface area contributed by atoms with E-state index in [1.54, 1.807) is 24.3 Å². The molecule has 0 unspecified atom stereocenters. The van der Waals surface area contributed by atoms with Gasteiger partial charge >= 0.3 is 21.7 Å². The largest absolute Gasteiger partial charge is 2.00 e. The zero-order valence-electron chi connectivity index (χ0n) is 12.6. The zero-order valence-corrected chi connectivity index (χ0v) is 14.9. The van der Waals surface area contributed by atoms with Crippen molar-refractivity contribution in [3.8, 4) is 0 Å². The molecule has 118 valence electrons. The van der Waals surface area contributed by atoms with E-state index in [0.29, 0.717) is 23.6 Å². The number of hydrogen-bond acceptors (Lipinski definition) is 1. The van der Waals surface area contributed by atoms with Crippen molar-refractivity contribution in [3.05, 3.63) is 64.7 Å². The molecule has 2 rings (SSSR count). The van der Waals surface area contributed by atoms with Gasteiger partial charge in [-0.15, -0.1) is 18.2 Å². The fraction of sp³-hybridized carbons (Fsp3) is 0.235. The van der Waals surface area contributed by atoms with Crippen LogP contribution in [0.25, 0.3) is 0 Å². The first-order valence-electron chi connectivity index (χ1n) is 6.97. The van der Waals surface area contributed by atoms with Gasteiger partial charge in [-0.2, -0.15) is 0 Å². The summed E-state index contributed by atoms with van der Waals surface area (Å²) in [6, 6.07) is 10.7. The normalized spacial score (nSPS) is 10.1. The summed E-state index contributed by atoms with van der Waals surface area (Å²) in [7, 11) is 0. The predicted octanol–water partition coefficient (Wildman–Crippen LogP) is 4.86. The topological polar surface area (TPSA) is 20.3 Å². The standard InChI is InChI=1S/C17H15ClF2NO.Ti/c1-2-3-10-21(16-9-8-14(19)11-15(16)20)17(22)12-4-6-13(18)7-5-12;/h4-9H,2-3,10H2,1H3;/q-1;+2. The predicted molar refractivity (Wildman–Crippen MR) is 83.2 cm³/mol. The van der Waals surface area contributed by atoms with Crippen LogP contribution in [0.2, 0.25) is 5.02 Å². The van der Waals surface area contributed by atoms with Crippen LogP contribution in [-0.4, -0.2) is 12.5 Å². The Morgan fingerprint density at radius 3 is 2.39 bits per heavy atom. The SMILES string of the molecule is CCCCN(C(=O)c1ccc(Cl)cc1)c1ccc(F)[c-]c1F.[Ti+2]. The Kier molecular flexibility index (Phi) is 7.90. The Bertz CT molecular complexity index is 664. The van der Waals surface area contributed by atoms with Crippen LogP contribution in [0.4, 0.5) is 14.5 Å². The van der Waals surface area contributed by atoms with Gasteiger partial charge in [0.25, 0.3) is 0 Å². The van der Waals surface area contributed by atoms with E-state index < -0.39 is 11.6 Å². The number of halogens is 3. The van der Waals surface area contributed by atoms with Crippen LogP contribution in [0.5, 0.6) is 0 Å². The number of anilines is 1. The number of unbranched alkanes of at least 4 members (excludes halogenated alkanes) is 1. The van der Waals surface area contributed by atoms with Crippen LogP contribution in [-0.2, 0) is 21.7 Å². The molecule has 0 saturated heterocycles. The first-order valence-corrected chi connectivity index (χ1v) is 7.35. The summed E-state index contributed by atoms with van der Waals surface area (Å²) < 4.78 is 27.0. The maximum atomic E-state index is 14.0. The van der Waals surface area contributed by atoms with Gasteiger partial charge in [0.15, 0.2) is 0 Å². The summed E-state index contributed by atoms with van der Waals surface area (Å²) in [5.74, 6) is -2.03. The monoisotopic (exact) mass is 370 g/mol. The molecule has 0 radical (unpaired) electrons. The molecule has 0 fully saturated rings. The van der Waals surface area contributed by atoms with Crippen LogP contribution < -0.4 is 4.90 Å². The van der Waals surface area contributed by atoms with Gasteiger partial charge in [-0.25, -0.2) is 8.78 Å². The molecule has 0 saturated carbocycles. The maximum absolute atomic E-state index is 14.0. The Hall–Kier alpha value is -1.23. The van der Waals surface area contributed by atoms with Gasteiger partial charge in [-0.05, 0) is 36.4 Å². The van der Waals surface area contributed by atoms with Crippen LogP contribution >= 0.6 is 11.6 Å². The van der Waals surface area contributed by atoms with Gasteiger partial charge in [0, 0.05) is 28.8 Å². The van der Waals surface area contributed by atoms with Gasteiger partial charge in [-0.3, -0.25) is 4.79 Å². The second-order valence-electron chi connectivity index (χ2n) is 4.82. The Morgan fingerprint density at radius 2 is 1.83 bits per heavy atom. The van der Waals surface area contributed by atoms with Crippen molar-refractivity contribution >= 4 is 23.2 Å². The number of carbonyl (C=O) groups excluding carboxylic acids is 1. The van der Waals surface area contributed by atoms with Crippen molar-refractivity contribution in [1.29, 1.82) is 0 Å². The molecule has 1 amide bonds. The van der Waals surface area contributed by atoms with Gasteiger partial charge in [0.2, 0.25) is 5.91 Å². The van der Waals surface area contributed by atoms with E-state index in [9.17, 15) is 13.6 Å². The molecule has 0 bridgehead atoms. The molecule has 2 aromatic carbocycles. The number of rotatable bonds is 5. The average Bonchev–Trinajstić information content (AvgIpc) is 2.49. The van der Waals surface area contributed by atoms with E-state index in [1.807, 2.05) is 13.0 Å². The summed E-state index contributed by atoms with van der Waals surface area (Å²) in [6.07, 6.45) is 1.55. The number of amides is 1. The average molecular weight is 371 g/mol. The Balaban J connectivity index is 0.00000264. The second-order valence-corrected chi connectivity index (χ2v) is 5.26. The van der Waals surface area contributed by atoms with E-state index in [1.165, 1.54) is 11.0 Å².